The van der Waals surface area contributed by atoms with Crippen molar-refractivity contribution in [3.05, 3.63) is 29.3 Å². The Balaban J connectivity index is 1.30. The third-order valence-corrected chi connectivity index (χ3v) is 8.90. The number of amides is 1. The van der Waals surface area contributed by atoms with Crippen LogP contribution in [0, 0.1) is 5.92 Å². The Hall–Kier alpha value is -1.44. The van der Waals surface area contributed by atoms with Gasteiger partial charge in [-0.05, 0) is 61.3 Å². The average Bonchev–Trinajstić information content (AvgIpc) is 3.18. The summed E-state index contributed by atoms with van der Waals surface area (Å²) in [6, 6.07) is 5.91. The van der Waals surface area contributed by atoms with E-state index in [-0.39, 0.29) is 5.91 Å². The van der Waals surface area contributed by atoms with Crippen molar-refractivity contribution in [3.63, 3.8) is 0 Å². The molecule has 2 fully saturated rings. The maximum absolute atomic E-state index is 13.1. The van der Waals surface area contributed by atoms with E-state index >= 15 is 0 Å². The number of hydrogen-bond acceptors (Lipinski definition) is 3. The first-order valence-electron chi connectivity index (χ1n) is 11.2. The Morgan fingerprint density at radius 2 is 1.83 bits per heavy atom. The summed E-state index contributed by atoms with van der Waals surface area (Å²) in [5, 5.41) is 3.22. The van der Waals surface area contributed by atoms with Crippen molar-refractivity contribution in [2.75, 3.05) is 32.7 Å². The van der Waals surface area contributed by atoms with Crippen LogP contribution in [0.1, 0.15) is 50.2 Å². The number of fused-ring (bicyclic) bond motifs is 1. The fourth-order valence-corrected chi connectivity index (χ4v) is 6.59. The van der Waals surface area contributed by atoms with E-state index in [0.29, 0.717) is 49.6 Å². The quantitative estimate of drug-likeness (QED) is 0.739. The molecular weight excluding hydrogens is 386 g/mol. The number of quaternary nitrogens is 1. The molecule has 160 valence electrons. The number of aryl methyl sites for hydroxylation is 2. The summed E-state index contributed by atoms with van der Waals surface area (Å²) in [5.74, 6) is 0.658. The van der Waals surface area contributed by atoms with Crippen molar-refractivity contribution in [1.82, 2.24) is 9.62 Å². The van der Waals surface area contributed by atoms with Crippen LogP contribution in [-0.2, 0) is 27.7 Å². The van der Waals surface area contributed by atoms with E-state index in [1.54, 1.807) is 10.4 Å². The zero-order chi connectivity index (χ0) is 20.4. The molecule has 1 saturated carbocycles. The summed E-state index contributed by atoms with van der Waals surface area (Å²) < 4.78 is 27.7. The third kappa shape index (κ3) is 4.67. The lowest BCUT2D eigenvalue weighted by Crippen LogP contribution is -3.15. The van der Waals surface area contributed by atoms with Gasteiger partial charge in [0.1, 0.15) is 0 Å². The number of carbonyl (C=O) groups is 1. The Morgan fingerprint density at radius 3 is 2.59 bits per heavy atom. The molecule has 0 bridgehead atoms. The highest BCUT2D eigenvalue weighted by Gasteiger charge is 2.32. The predicted molar refractivity (Wildman–Crippen MR) is 112 cm³/mol. The minimum absolute atomic E-state index is 0.105. The van der Waals surface area contributed by atoms with Crippen LogP contribution in [0.4, 0.5) is 0 Å². The summed E-state index contributed by atoms with van der Waals surface area (Å²) in [4.78, 5) is 14.1. The van der Waals surface area contributed by atoms with E-state index in [4.69, 9.17) is 0 Å². The molecular formula is C22H34N3O3S+. The molecule has 3 aliphatic rings. The van der Waals surface area contributed by atoms with Gasteiger partial charge in [0.15, 0.2) is 6.54 Å². The lowest BCUT2D eigenvalue weighted by molar-refractivity contribution is -0.895. The molecule has 2 N–H and O–H groups in total. The van der Waals surface area contributed by atoms with Gasteiger partial charge in [0.05, 0.1) is 31.1 Å². The van der Waals surface area contributed by atoms with E-state index < -0.39 is 10.0 Å². The molecule has 2 aliphatic carbocycles. The van der Waals surface area contributed by atoms with Crippen molar-refractivity contribution in [1.29, 1.82) is 0 Å². The van der Waals surface area contributed by atoms with Crippen LogP contribution in [0.5, 0.6) is 0 Å². The standard InChI is InChI=1S/C22H33N3O3S/c1-17-5-2-3-8-21(17)23-22(26)16-24-11-13-25(14-12-24)29(27,28)20-10-9-18-6-4-7-19(18)15-20/h9-10,15,17,21H,2-8,11-14,16H2,1H3,(H,23,26)/p+1/t17-,21+/m1/s1. The molecule has 0 unspecified atom stereocenters. The fraction of sp³-hybridized carbons (Fsp3) is 0.682. The number of hydrogen-bond donors (Lipinski definition) is 2. The summed E-state index contributed by atoms with van der Waals surface area (Å²) in [6.07, 6.45) is 7.88. The normalized spacial score (nSPS) is 26.2. The van der Waals surface area contributed by atoms with Gasteiger partial charge < -0.3 is 10.2 Å². The van der Waals surface area contributed by atoms with Crippen LogP contribution >= 0.6 is 0 Å². The molecule has 0 radical (unpaired) electrons. The highest BCUT2D eigenvalue weighted by atomic mass is 32.2. The molecule has 1 heterocycles. The van der Waals surface area contributed by atoms with Gasteiger partial charge >= 0.3 is 0 Å². The Morgan fingerprint density at radius 1 is 1.10 bits per heavy atom. The zero-order valence-corrected chi connectivity index (χ0v) is 18.3. The van der Waals surface area contributed by atoms with E-state index in [9.17, 15) is 13.2 Å². The van der Waals surface area contributed by atoms with Crippen molar-refractivity contribution < 1.29 is 18.1 Å². The molecule has 1 saturated heterocycles. The minimum Gasteiger partial charge on any atom is -0.348 e. The van der Waals surface area contributed by atoms with Gasteiger partial charge in [-0.15, -0.1) is 0 Å². The maximum Gasteiger partial charge on any atom is 0.275 e. The van der Waals surface area contributed by atoms with Crippen LogP contribution in [0.15, 0.2) is 23.1 Å². The lowest BCUT2D eigenvalue weighted by Gasteiger charge is -2.33. The van der Waals surface area contributed by atoms with Crippen molar-refractivity contribution in [3.8, 4) is 0 Å². The molecule has 6 nitrogen and oxygen atoms in total. The number of piperazine rings is 1. The molecule has 7 heteroatoms. The van der Waals surface area contributed by atoms with Gasteiger partial charge in [-0.1, -0.05) is 25.8 Å². The van der Waals surface area contributed by atoms with Crippen LogP contribution in [0.3, 0.4) is 0 Å². The molecule has 4 rings (SSSR count). The first-order valence-corrected chi connectivity index (χ1v) is 12.6. The fourth-order valence-electron chi connectivity index (χ4n) is 5.09. The van der Waals surface area contributed by atoms with Gasteiger partial charge in [0, 0.05) is 6.04 Å². The van der Waals surface area contributed by atoms with Gasteiger partial charge in [-0.25, -0.2) is 8.42 Å². The molecule has 1 aromatic carbocycles. The van der Waals surface area contributed by atoms with Crippen LogP contribution < -0.4 is 10.2 Å². The first-order chi connectivity index (χ1) is 13.9. The topological polar surface area (TPSA) is 70.9 Å². The second-order valence-corrected chi connectivity index (χ2v) is 11.0. The number of nitrogens with one attached hydrogen (secondary N) is 2. The van der Waals surface area contributed by atoms with Crippen molar-refractivity contribution in [2.45, 2.75) is 62.8 Å². The molecule has 29 heavy (non-hydrogen) atoms. The number of sulfonamides is 1. The zero-order valence-electron chi connectivity index (χ0n) is 17.5. The number of nitrogens with zero attached hydrogens (tertiary/aromatic N) is 1. The second kappa shape index (κ2) is 8.74. The molecule has 0 spiro atoms. The average molecular weight is 421 g/mol. The lowest BCUT2D eigenvalue weighted by atomic mass is 9.86. The van der Waals surface area contributed by atoms with Crippen LogP contribution in [0.2, 0.25) is 0 Å². The highest BCUT2D eigenvalue weighted by molar-refractivity contribution is 7.89. The summed E-state index contributed by atoms with van der Waals surface area (Å²) >= 11 is 0. The number of rotatable bonds is 5. The van der Waals surface area contributed by atoms with Gasteiger partial charge in [0.25, 0.3) is 5.91 Å². The smallest absolute Gasteiger partial charge is 0.275 e. The van der Waals surface area contributed by atoms with Gasteiger partial charge in [-0.3, -0.25) is 4.79 Å². The second-order valence-electron chi connectivity index (χ2n) is 9.05. The largest absolute Gasteiger partial charge is 0.348 e. The molecule has 1 amide bonds. The molecule has 1 aliphatic heterocycles. The van der Waals surface area contributed by atoms with Crippen molar-refractivity contribution in [2.24, 2.45) is 5.92 Å². The van der Waals surface area contributed by atoms with E-state index in [1.165, 1.54) is 35.3 Å². The van der Waals surface area contributed by atoms with Gasteiger partial charge in [0.2, 0.25) is 10.0 Å². The number of carbonyl (C=O) groups excluding carboxylic acids is 1. The first kappa shape index (κ1) is 20.8. The summed E-state index contributed by atoms with van der Waals surface area (Å²) in [6.45, 7) is 4.97. The summed E-state index contributed by atoms with van der Waals surface area (Å²) in [5.41, 5.74) is 2.47. The van der Waals surface area contributed by atoms with Crippen LogP contribution in [-0.4, -0.2) is 57.4 Å². The van der Waals surface area contributed by atoms with Crippen LogP contribution in [0.25, 0.3) is 0 Å². The molecule has 1 aromatic rings. The third-order valence-electron chi connectivity index (χ3n) is 7.01. The Labute approximate surface area is 174 Å². The van der Waals surface area contributed by atoms with E-state index in [2.05, 4.69) is 12.2 Å². The Bertz CT molecular complexity index is 847. The Kier molecular flexibility index (Phi) is 6.27. The summed E-state index contributed by atoms with van der Waals surface area (Å²) in [7, 11) is -3.45. The number of benzene rings is 1. The molecule has 2 atom stereocenters. The predicted octanol–water partition coefficient (Wildman–Crippen LogP) is 0.759. The monoisotopic (exact) mass is 420 g/mol. The van der Waals surface area contributed by atoms with E-state index in [1.807, 2.05) is 12.1 Å². The van der Waals surface area contributed by atoms with Crippen molar-refractivity contribution >= 4 is 15.9 Å². The maximum atomic E-state index is 13.1. The van der Waals surface area contributed by atoms with E-state index in [0.717, 1.165) is 25.7 Å². The SMILES string of the molecule is C[C@@H]1CCCC[C@@H]1NC(=O)C[NH+]1CCN(S(=O)(=O)c2ccc3c(c2)CCC3)CC1. The highest BCUT2D eigenvalue weighted by Crippen LogP contribution is 2.26. The minimum atomic E-state index is -3.45. The van der Waals surface area contributed by atoms with Gasteiger partial charge in [-0.2, -0.15) is 4.31 Å². The molecule has 0 aromatic heterocycles.